The Morgan fingerprint density at radius 2 is 1.11 bits per heavy atom. The van der Waals surface area contributed by atoms with Gasteiger partial charge in [0.2, 0.25) is 0 Å². The molecule has 0 saturated heterocycles. The maximum atomic E-state index is 5.21. The second kappa shape index (κ2) is 8.85. The highest BCUT2D eigenvalue weighted by molar-refractivity contribution is 5.54. The Labute approximate surface area is 161 Å². The number of benzene rings is 3. The van der Waals surface area contributed by atoms with Gasteiger partial charge in [0.1, 0.15) is 0 Å². The molecular formula is C24H26N2O. The highest BCUT2D eigenvalue weighted by Gasteiger charge is 2.08. The van der Waals surface area contributed by atoms with Crippen LogP contribution in [0.3, 0.4) is 0 Å². The van der Waals surface area contributed by atoms with Gasteiger partial charge in [-0.3, -0.25) is 0 Å². The minimum absolute atomic E-state index is 0.802. The van der Waals surface area contributed by atoms with Crippen LogP contribution in [-0.2, 0) is 37.5 Å². The summed E-state index contributed by atoms with van der Waals surface area (Å²) in [6.45, 7) is 4.82. The standard InChI is InChI=1S/2C8H9N.C8H8O/c1-2-4-8-6-9-5-7(8)3-1;1-2-4-8-7(3-1)5-6-9-8;1-2-4-8-6-9-5-7(8)3-1/h2*1-4,9H,5-6H2;1-4H,5-6H2. The van der Waals surface area contributed by atoms with Gasteiger partial charge in [0.05, 0.1) is 13.2 Å². The number of fused-ring (bicyclic) bond motifs is 3. The number of ether oxygens (including phenoxy) is 1. The minimum atomic E-state index is 0.802. The van der Waals surface area contributed by atoms with Crippen molar-refractivity contribution in [1.82, 2.24) is 5.32 Å². The molecule has 3 nitrogen and oxygen atoms in total. The van der Waals surface area contributed by atoms with E-state index in [9.17, 15) is 0 Å². The quantitative estimate of drug-likeness (QED) is 0.613. The van der Waals surface area contributed by atoms with Gasteiger partial charge in [0.15, 0.2) is 0 Å². The molecule has 3 aromatic carbocycles. The van der Waals surface area contributed by atoms with Crippen molar-refractivity contribution < 1.29 is 4.74 Å². The lowest BCUT2D eigenvalue weighted by atomic mass is 10.1. The van der Waals surface area contributed by atoms with Gasteiger partial charge in [-0.15, -0.1) is 0 Å². The summed E-state index contributed by atoms with van der Waals surface area (Å²) < 4.78 is 5.21. The van der Waals surface area contributed by atoms with Crippen molar-refractivity contribution in [3.05, 3.63) is 101 Å². The van der Waals surface area contributed by atoms with Crippen LogP contribution in [-0.4, -0.2) is 6.54 Å². The van der Waals surface area contributed by atoms with Gasteiger partial charge in [-0.2, -0.15) is 0 Å². The maximum Gasteiger partial charge on any atom is 0.0724 e. The van der Waals surface area contributed by atoms with Crippen LogP contribution in [0.2, 0.25) is 0 Å². The molecule has 3 heteroatoms. The third-order valence-electron chi connectivity index (χ3n) is 5.11. The van der Waals surface area contributed by atoms with E-state index in [2.05, 4.69) is 71.3 Å². The predicted molar refractivity (Wildman–Crippen MR) is 111 cm³/mol. The average Bonchev–Trinajstić information content (AvgIpc) is 3.48. The molecule has 0 fully saturated rings. The fraction of sp³-hybridized carbons (Fsp3) is 0.250. The van der Waals surface area contributed by atoms with Crippen molar-refractivity contribution in [2.75, 3.05) is 11.9 Å². The lowest BCUT2D eigenvalue weighted by molar-refractivity contribution is 0.134. The summed E-state index contributed by atoms with van der Waals surface area (Å²) in [4.78, 5) is 0. The maximum absolute atomic E-state index is 5.21. The van der Waals surface area contributed by atoms with E-state index in [-0.39, 0.29) is 0 Å². The Morgan fingerprint density at radius 1 is 0.593 bits per heavy atom. The van der Waals surface area contributed by atoms with E-state index in [1.807, 2.05) is 12.1 Å². The van der Waals surface area contributed by atoms with E-state index < -0.39 is 0 Å². The molecule has 3 aliphatic heterocycles. The molecule has 138 valence electrons. The Bertz CT molecular complexity index is 704. The number of hydrogen-bond donors (Lipinski definition) is 2. The summed E-state index contributed by atoms with van der Waals surface area (Å²) in [5, 5.41) is 6.59. The first-order valence-corrected chi connectivity index (χ1v) is 9.64. The molecule has 0 unspecified atom stereocenters. The lowest BCUT2D eigenvalue weighted by Gasteiger charge is -1.94. The number of rotatable bonds is 0. The highest BCUT2D eigenvalue weighted by atomic mass is 16.5. The Morgan fingerprint density at radius 3 is 1.70 bits per heavy atom. The Balaban J connectivity index is 0.0000001000. The van der Waals surface area contributed by atoms with Crippen molar-refractivity contribution >= 4 is 5.69 Å². The van der Waals surface area contributed by atoms with Crippen LogP contribution in [0.25, 0.3) is 0 Å². The molecular weight excluding hydrogens is 332 g/mol. The zero-order chi connectivity index (χ0) is 18.3. The van der Waals surface area contributed by atoms with Crippen LogP contribution in [0.4, 0.5) is 5.69 Å². The molecule has 0 aromatic heterocycles. The van der Waals surface area contributed by atoms with Gasteiger partial charge in [-0.05, 0) is 40.3 Å². The summed E-state index contributed by atoms with van der Waals surface area (Å²) in [6, 6.07) is 25.3. The molecule has 6 rings (SSSR count). The van der Waals surface area contributed by atoms with Gasteiger partial charge in [-0.1, -0.05) is 66.7 Å². The normalized spacial score (nSPS) is 15.3. The fourth-order valence-corrected chi connectivity index (χ4v) is 3.59. The molecule has 3 aromatic rings. The Hall–Kier alpha value is -2.62. The first-order valence-electron chi connectivity index (χ1n) is 9.64. The average molecular weight is 358 g/mol. The second-order valence-corrected chi connectivity index (χ2v) is 6.97. The molecule has 0 radical (unpaired) electrons. The molecule has 0 spiro atoms. The topological polar surface area (TPSA) is 33.3 Å². The molecule has 2 N–H and O–H groups in total. The van der Waals surface area contributed by atoms with Crippen molar-refractivity contribution in [3.63, 3.8) is 0 Å². The van der Waals surface area contributed by atoms with Crippen molar-refractivity contribution in [1.29, 1.82) is 0 Å². The van der Waals surface area contributed by atoms with E-state index in [4.69, 9.17) is 4.74 Å². The molecule has 27 heavy (non-hydrogen) atoms. The van der Waals surface area contributed by atoms with Crippen LogP contribution >= 0.6 is 0 Å². The number of para-hydroxylation sites is 1. The molecule has 0 atom stereocenters. The molecule has 3 heterocycles. The SMILES string of the molecule is c1ccc2c(c1)CCN2.c1ccc2c(c1)CNC2.c1ccc2c(c1)COC2. The summed E-state index contributed by atoms with van der Waals surface area (Å²) >= 11 is 0. The summed E-state index contributed by atoms with van der Waals surface area (Å²) in [5.41, 5.74) is 8.38. The smallest absolute Gasteiger partial charge is 0.0724 e. The number of nitrogens with one attached hydrogen (secondary N) is 2. The van der Waals surface area contributed by atoms with Crippen LogP contribution < -0.4 is 10.6 Å². The van der Waals surface area contributed by atoms with Crippen molar-refractivity contribution in [2.24, 2.45) is 0 Å². The van der Waals surface area contributed by atoms with Crippen LogP contribution in [0.1, 0.15) is 27.8 Å². The lowest BCUT2D eigenvalue weighted by Crippen LogP contribution is -1.99. The largest absolute Gasteiger partial charge is 0.384 e. The van der Waals surface area contributed by atoms with Gasteiger partial charge in [0.25, 0.3) is 0 Å². The first kappa shape index (κ1) is 17.8. The van der Waals surface area contributed by atoms with Crippen LogP contribution in [0, 0.1) is 0 Å². The van der Waals surface area contributed by atoms with Gasteiger partial charge < -0.3 is 15.4 Å². The van der Waals surface area contributed by atoms with E-state index in [1.54, 1.807) is 0 Å². The van der Waals surface area contributed by atoms with Crippen LogP contribution in [0.5, 0.6) is 0 Å². The van der Waals surface area contributed by atoms with E-state index in [0.717, 1.165) is 32.8 Å². The summed E-state index contributed by atoms with van der Waals surface area (Å²) in [6.07, 6.45) is 1.19. The van der Waals surface area contributed by atoms with Crippen molar-refractivity contribution in [3.8, 4) is 0 Å². The van der Waals surface area contributed by atoms with Crippen molar-refractivity contribution in [2.45, 2.75) is 32.7 Å². The summed E-state index contributed by atoms with van der Waals surface area (Å²) in [5.74, 6) is 0. The third-order valence-corrected chi connectivity index (χ3v) is 5.11. The molecule has 3 aliphatic rings. The Kier molecular flexibility index (Phi) is 5.83. The molecule has 0 amide bonds. The summed E-state index contributed by atoms with van der Waals surface area (Å²) in [7, 11) is 0. The molecule has 0 bridgehead atoms. The van der Waals surface area contributed by atoms with E-state index in [1.165, 1.54) is 39.9 Å². The van der Waals surface area contributed by atoms with Gasteiger partial charge >= 0.3 is 0 Å². The third kappa shape index (κ3) is 4.57. The minimum Gasteiger partial charge on any atom is -0.384 e. The van der Waals surface area contributed by atoms with Gasteiger partial charge in [-0.25, -0.2) is 0 Å². The highest BCUT2D eigenvalue weighted by Crippen LogP contribution is 2.20. The van der Waals surface area contributed by atoms with E-state index in [0.29, 0.717) is 0 Å². The predicted octanol–water partition coefficient (Wildman–Crippen LogP) is 4.66. The number of anilines is 1. The van der Waals surface area contributed by atoms with Crippen LogP contribution in [0.15, 0.2) is 72.8 Å². The van der Waals surface area contributed by atoms with E-state index >= 15 is 0 Å². The zero-order valence-corrected chi connectivity index (χ0v) is 15.6. The zero-order valence-electron chi connectivity index (χ0n) is 15.6. The molecule has 0 saturated carbocycles. The second-order valence-electron chi connectivity index (χ2n) is 6.97. The molecule has 0 aliphatic carbocycles. The number of hydrogen-bond acceptors (Lipinski definition) is 3. The monoisotopic (exact) mass is 358 g/mol. The first-order chi connectivity index (χ1) is 13.4. The van der Waals surface area contributed by atoms with Gasteiger partial charge in [0, 0.05) is 25.3 Å². The fourth-order valence-electron chi connectivity index (χ4n) is 3.59.